The van der Waals surface area contributed by atoms with Gasteiger partial charge in [-0.15, -0.1) is 11.6 Å². The summed E-state index contributed by atoms with van der Waals surface area (Å²) >= 11 is 5.40. The van der Waals surface area contributed by atoms with Crippen LogP contribution < -0.4 is 5.32 Å². The molecule has 0 aromatic heterocycles. The van der Waals surface area contributed by atoms with Crippen LogP contribution in [0.25, 0.3) is 0 Å². The maximum Gasteiger partial charge on any atom is 0.463 e. The van der Waals surface area contributed by atoms with Crippen LogP contribution in [-0.2, 0) is 9.59 Å². The second-order valence-corrected chi connectivity index (χ2v) is 5.23. The lowest BCUT2D eigenvalue weighted by Crippen LogP contribution is -2.56. The summed E-state index contributed by atoms with van der Waals surface area (Å²) in [4.78, 5) is 22.8. The van der Waals surface area contributed by atoms with Crippen molar-refractivity contribution in [3.63, 3.8) is 0 Å². The summed E-state index contributed by atoms with van der Waals surface area (Å²) in [6, 6.07) is -1.07. The number of rotatable bonds is 4. The zero-order valence-electron chi connectivity index (χ0n) is 10.5. The van der Waals surface area contributed by atoms with Crippen molar-refractivity contribution >= 4 is 23.3 Å². The summed E-state index contributed by atoms with van der Waals surface area (Å²) in [6.07, 6.45) is -5.11. The fraction of sp³-hybridized carbons (Fsp3) is 0.818. The van der Waals surface area contributed by atoms with Gasteiger partial charge in [0.05, 0.1) is 5.88 Å². The van der Waals surface area contributed by atoms with Gasteiger partial charge in [0.1, 0.15) is 0 Å². The molecular weight excluding hydrogens is 309 g/mol. The maximum absolute atomic E-state index is 12.9. The lowest BCUT2D eigenvalue weighted by Gasteiger charge is -2.31. The second-order valence-electron chi connectivity index (χ2n) is 4.96. The molecule has 0 heterocycles. The van der Waals surface area contributed by atoms with Crippen LogP contribution in [0.15, 0.2) is 0 Å². The average Bonchev–Trinajstić information content (AvgIpc) is 2.69. The highest BCUT2D eigenvalue weighted by Crippen LogP contribution is 2.41. The van der Waals surface area contributed by atoms with Crippen molar-refractivity contribution in [2.24, 2.45) is 5.41 Å². The van der Waals surface area contributed by atoms with E-state index in [-0.39, 0.29) is 12.8 Å². The molecule has 0 aromatic carbocycles. The smallest absolute Gasteiger partial charge is 0.347 e. The van der Waals surface area contributed by atoms with Crippen LogP contribution in [0, 0.1) is 5.41 Å². The molecule has 1 amide bonds. The summed E-state index contributed by atoms with van der Waals surface area (Å²) in [5.74, 6) is -8.80. The first-order valence-electron chi connectivity index (χ1n) is 5.81. The van der Waals surface area contributed by atoms with Crippen molar-refractivity contribution in [2.75, 3.05) is 5.88 Å². The molecule has 0 bridgehead atoms. The molecule has 1 aliphatic rings. The van der Waals surface area contributed by atoms with Gasteiger partial charge in [-0.3, -0.25) is 9.59 Å². The van der Waals surface area contributed by atoms with Crippen molar-refractivity contribution in [1.29, 1.82) is 0 Å². The minimum Gasteiger partial charge on any atom is -0.347 e. The first-order chi connectivity index (χ1) is 8.96. The van der Waals surface area contributed by atoms with Gasteiger partial charge in [0.15, 0.2) is 5.78 Å². The Kier molecular flexibility index (Phi) is 4.68. The molecule has 1 fully saturated rings. The number of amides is 1. The Labute approximate surface area is 116 Å². The minimum absolute atomic E-state index is 0.152. The number of hydrogen-bond acceptors (Lipinski definition) is 2. The molecule has 9 heteroatoms. The van der Waals surface area contributed by atoms with Crippen LogP contribution in [0.4, 0.5) is 22.0 Å². The zero-order valence-corrected chi connectivity index (χ0v) is 11.2. The number of halogens is 6. The van der Waals surface area contributed by atoms with Crippen molar-refractivity contribution in [3.05, 3.63) is 0 Å². The summed E-state index contributed by atoms with van der Waals surface area (Å²) in [5, 5.41) is 1.64. The normalized spacial score (nSPS) is 27.4. The van der Waals surface area contributed by atoms with E-state index in [0.29, 0.717) is 6.42 Å². The molecule has 0 spiro atoms. The summed E-state index contributed by atoms with van der Waals surface area (Å²) in [5.41, 5.74) is -1.21. The Morgan fingerprint density at radius 1 is 1.30 bits per heavy atom. The summed E-state index contributed by atoms with van der Waals surface area (Å²) in [6.45, 7) is 1.40. The minimum atomic E-state index is -5.97. The van der Waals surface area contributed by atoms with E-state index in [1.807, 2.05) is 0 Å². The molecule has 0 aliphatic heterocycles. The van der Waals surface area contributed by atoms with Gasteiger partial charge in [-0.2, -0.15) is 22.0 Å². The Balaban J connectivity index is 2.88. The number of ketones is 1. The van der Waals surface area contributed by atoms with E-state index in [4.69, 9.17) is 11.6 Å². The van der Waals surface area contributed by atoms with Gasteiger partial charge >= 0.3 is 18.0 Å². The number of hydrogen-bond donors (Lipinski definition) is 1. The van der Waals surface area contributed by atoms with Gasteiger partial charge in [0.25, 0.3) is 0 Å². The third-order valence-corrected chi connectivity index (χ3v) is 3.91. The van der Waals surface area contributed by atoms with Gasteiger partial charge in [-0.25, -0.2) is 0 Å². The maximum atomic E-state index is 12.9. The molecule has 0 aromatic rings. The Bertz CT molecular complexity index is 412. The predicted octanol–water partition coefficient (Wildman–Crippen LogP) is 2.67. The number of nitrogens with one attached hydrogen (secondary N) is 1. The summed E-state index contributed by atoms with van der Waals surface area (Å²) < 4.78 is 62.0. The van der Waals surface area contributed by atoms with Gasteiger partial charge < -0.3 is 5.32 Å². The quantitative estimate of drug-likeness (QED) is 0.639. The largest absolute Gasteiger partial charge is 0.463 e. The topological polar surface area (TPSA) is 46.2 Å². The van der Waals surface area contributed by atoms with Crippen LogP contribution >= 0.6 is 11.6 Å². The third kappa shape index (κ3) is 2.89. The highest BCUT2D eigenvalue weighted by molar-refractivity contribution is 6.28. The van der Waals surface area contributed by atoms with Crippen LogP contribution in [0.2, 0.25) is 0 Å². The Morgan fingerprint density at radius 2 is 1.85 bits per heavy atom. The lowest BCUT2D eigenvalue weighted by molar-refractivity contribution is -0.270. The molecule has 1 saturated carbocycles. The van der Waals surface area contributed by atoms with Gasteiger partial charge in [0, 0.05) is 11.5 Å². The first kappa shape index (κ1) is 17.1. The molecule has 1 rings (SSSR count). The molecule has 1 aliphatic carbocycles. The van der Waals surface area contributed by atoms with E-state index in [1.54, 1.807) is 5.32 Å². The van der Waals surface area contributed by atoms with Gasteiger partial charge in [-0.05, 0) is 12.8 Å². The highest BCUT2D eigenvalue weighted by atomic mass is 35.5. The molecule has 2 atom stereocenters. The van der Waals surface area contributed by atoms with E-state index >= 15 is 0 Å². The van der Waals surface area contributed by atoms with E-state index in [0.717, 1.165) is 0 Å². The van der Waals surface area contributed by atoms with E-state index in [2.05, 4.69) is 0 Å². The first-order valence-corrected chi connectivity index (χ1v) is 6.35. The molecule has 116 valence electrons. The molecule has 20 heavy (non-hydrogen) atoms. The SMILES string of the molecule is CC1(C(=O)CCl)CCCC1NC(=O)C(F)(F)C(F)(F)F. The Morgan fingerprint density at radius 3 is 2.30 bits per heavy atom. The van der Waals surface area contributed by atoms with Crippen LogP contribution in [-0.4, -0.2) is 35.7 Å². The molecule has 0 radical (unpaired) electrons. The fourth-order valence-electron chi connectivity index (χ4n) is 2.26. The van der Waals surface area contributed by atoms with Crippen molar-refractivity contribution in [2.45, 2.75) is 44.3 Å². The average molecular weight is 322 g/mol. The number of carbonyl (C=O) groups is 2. The summed E-state index contributed by atoms with van der Waals surface area (Å²) in [7, 11) is 0. The fourth-order valence-corrected chi connectivity index (χ4v) is 2.57. The van der Waals surface area contributed by atoms with E-state index in [9.17, 15) is 31.5 Å². The zero-order chi connectivity index (χ0) is 15.8. The van der Waals surface area contributed by atoms with Crippen LogP contribution in [0.3, 0.4) is 0 Å². The van der Waals surface area contributed by atoms with Crippen molar-refractivity contribution in [3.8, 4) is 0 Å². The van der Waals surface area contributed by atoms with E-state index in [1.165, 1.54) is 6.92 Å². The molecular formula is C11H13ClF5NO2. The van der Waals surface area contributed by atoms with Crippen LogP contribution in [0.5, 0.6) is 0 Å². The molecule has 1 N–H and O–H groups in total. The predicted molar refractivity (Wildman–Crippen MR) is 60.6 cm³/mol. The lowest BCUT2D eigenvalue weighted by atomic mass is 9.81. The number of Topliss-reactive ketones (excluding diaryl/α,β-unsaturated/α-hetero) is 1. The van der Waals surface area contributed by atoms with Crippen molar-refractivity contribution in [1.82, 2.24) is 5.32 Å². The molecule has 0 saturated heterocycles. The standard InChI is InChI=1S/C11H13ClF5NO2/c1-9(7(19)5-12)4-2-3-6(9)18-8(20)10(13,14)11(15,16)17/h6H,2-5H2,1H3,(H,18,20). The highest BCUT2D eigenvalue weighted by Gasteiger charge is 2.64. The van der Waals surface area contributed by atoms with Crippen molar-refractivity contribution < 1.29 is 31.5 Å². The number of carbonyl (C=O) groups excluding carboxylic acids is 2. The third-order valence-electron chi connectivity index (χ3n) is 3.66. The Hall–Kier alpha value is -0.920. The van der Waals surface area contributed by atoms with Crippen LogP contribution in [0.1, 0.15) is 26.2 Å². The second kappa shape index (κ2) is 5.46. The van der Waals surface area contributed by atoms with Gasteiger partial charge in [-0.1, -0.05) is 13.3 Å². The molecule has 2 unspecified atom stereocenters. The van der Waals surface area contributed by atoms with Gasteiger partial charge in [0.2, 0.25) is 0 Å². The monoisotopic (exact) mass is 321 g/mol. The molecule has 3 nitrogen and oxygen atoms in total. The van der Waals surface area contributed by atoms with E-state index < -0.39 is 41.1 Å². The number of alkyl halides is 6.